The quantitative estimate of drug-likeness (QED) is 0.629. The van der Waals surface area contributed by atoms with Gasteiger partial charge in [0.25, 0.3) is 0 Å². The number of ether oxygens (including phenoxy) is 1. The van der Waals surface area contributed by atoms with Crippen molar-refractivity contribution < 1.29 is 14.6 Å². The van der Waals surface area contributed by atoms with E-state index in [-0.39, 0.29) is 0 Å². The lowest BCUT2D eigenvalue weighted by Crippen LogP contribution is -2.35. The fourth-order valence-electron chi connectivity index (χ4n) is 1.64. The van der Waals surface area contributed by atoms with Gasteiger partial charge in [-0.2, -0.15) is 0 Å². The van der Waals surface area contributed by atoms with Crippen LogP contribution < -0.4 is 5.73 Å². The summed E-state index contributed by atoms with van der Waals surface area (Å²) in [5, 5.41) is 8.59. The summed E-state index contributed by atoms with van der Waals surface area (Å²) in [6, 6.07) is -0.739. The number of nitrogens with zero attached hydrogens (tertiary/aromatic N) is 1. The highest BCUT2D eigenvalue weighted by atomic mass is 16.5. The highest BCUT2D eigenvalue weighted by molar-refractivity contribution is 5.72. The van der Waals surface area contributed by atoms with Crippen molar-refractivity contribution in [2.24, 2.45) is 5.73 Å². The van der Waals surface area contributed by atoms with Gasteiger partial charge in [-0.05, 0) is 12.8 Å². The molecule has 0 aliphatic carbocycles. The number of aliphatic carboxylic acids is 1. The molecule has 0 saturated carbocycles. The molecule has 1 aliphatic heterocycles. The number of carboxylic acid groups (broad SMARTS) is 1. The van der Waals surface area contributed by atoms with E-state index in [9.17, 15) is 4.79 Å². The van der Waals surface area contributed by atoms with E-state index in [1.807, 2.05) is 0 Å². The van der Waals surface area contributed by atoms with Crippen molar-refractivity contribution in [3.8, 4) is 0 Å². The molecule has 3 N–H and O–H groups in total. The van der Waals surface area contributed by atoms with Gasteiger partial charge in [0.1, 0.15) is 6.04 Å². The zero-order chi connectivity index (χ0) is 10.6. The molecule has 0 aromatic heterocycles. The predicted molar refractivity (Wildman–Crippen MR) is 52.1 cm³/mol. The number of carboxylic acids is 1. The standard InChI is InChI=1S/C9H18N2O3/c1-14-7-2-4-11(6-7)5-3-8(10)9(12)13/h7-8H,2-6,10H2,1H3,(H,12,13). The number of nitrogens with two attached hydrogens (primary N) is 1. The predicted octanol–water partition coefficient (Wildman–Crippen LogP) is -0.491. The van der Waals surface area contributed by atoms with Gasteiger partial charge in [0.05, 0.1) is 6.10 Å². The summed E-state index contributed by atoms with van der Waals surface area (Å²) in [5.41, 5.74) is 5.40. The zero-order valence-corrected chi connectivity index (χ0v) is 8.48. The molecular formula is C9H18N2O3. The molecule has 0 bridgehead atoms. The molecule has 0 aromatic rings. The molecule has 82 valence electrons. The van der Waals surface area contributed by atoms with Gasteiger partial charge < -0.3 is 20.5 Å². The van der Waals surface area contributed by atoms with E-state index >= 15 is 0 Å². The third-order valence-electron chi connectivity index (χ3n) is 2.64. The van der Waals surface area contributed by atoms with E-state index in [1.165, 1.54) is 0 Å². The Morgan fingerprint density at radius 2 is 2.50 bits per heavy atom. The van der Waals surface area contributed by atoms with Crippen LogP contribution in [0.25, 0.3) is 0 Å². The van der Waals surface area contributed by atoms with Crippen molar-refractivity contribution in [2.45, 2.75) is 25.0 Å². The fourth-order valence-corrected chi connectivity index (χ4v) is 1.64. The van der Waals surface area contributed by atoms with Gasteiger partial charge in [0.15, 0.2) is 0 Å². The number of likely N-dealkylation sites (tertiary alicyclic amines) is 1. The summed E-state index contributed by atoms with van der Waals surface area (Å²) in [6.07, 6.45) is 1.83. The van der Waals surface area contributed by atoms with E-state index in [1.54, 1.807) is 7.11 Å². The van der Waals surface area contributed by atoms with Crippen molar-refractivity contribution in [1.29, 1.82) is 0 Å². The first-order chi connectivity index (χ1) is 6.63. The topological polar surface area (TPSA) is 75.8 Å². The largest absolute Gasteiger partial charge is 0.480 e. The highest BCUT2D eigenvalue weighted by Crippen LogP contribution is 2.11. The summed E-state index contributed by atoms with van der Waals surface area (Å²) >= 11 is 0. The van der Waals surface area contributed by atoms with Crippen molar-refractivity contribution in [1.82, 2.24) is 4.90 Å². The number of rotatable bonds is 5. The average molecular weight is 202 g/mol. The molecule has 1 saturated heterocycles. The number of methoxy groups -OCH3 is 1. The molecule has 0 radical (unpaired) electrons. The maximum Gasteiger partial charge on any atom is 0.320 e. The third-order valence-corrected chi connectivity index (χ3v) is 2.64. The summed E-state index contributed by atoms with van der Waals surface area (Å²) in [6.45, 7) is 2.61. The second kappa shape index (κ2) is 5.29. The average Bonchev–Trinajstić information content (AvgIpc) is 2.61. The van der Waals surface area contributed by atoms with Gasteiger partial charge in [0, 0.05) is 26.7 Å². The SMILES string of the molecule is COC1CCN(CCC(N)C(=O)O)C1. The lowest BCUT2D eigenvalue weighted by molar-refractivity contribution is -0.138. The number of carbonyl (C=O) groups is 1. The van der Waals surface area contributed by atoms with Crippen LogP contribution in [0.1, 0.15) is 12.8 Å². The minimum Gasteiger partial charge on any atom is -0.480 e. The minimum atomic E-state index is -0.924. The third kappa shape index (κ3) is 3.25. The zero-order valence-electron chi connectivity index (χ0n) is 8.48. The van der Waals surface area contributed by atoms with Crippen LogP contribution in [-0.4, -0.2) is 54.9 Å². The molecule has 0 spiro atoms. The fraction of sp³-hybridized carbons (Fsp3) is 0.889. The Balaban J connectivity index is 2.17. The maximum atomic E-state index is 10.5. The van der Waals surface area contributed by atoms with Crippen LogP contribution in [0.4, 0.5) is 0 Å². The first kappa shape index (κ1) is 11.4. The second-order valence-electron chi connectivity index (χ2n) is 3.68. The van der Waals surface area contributed by atoms with E-state index in [0.717, 1.165) is 26.1 Å². The van der Waals surface area contributed by atoms with Crippen LogP contribution in [0.3, 0.4) is 0 Å². The van der Waals surface area contributed by atoms with Crippen molar-refractivity contribution in [2.75, 3.05) is 26.7 Å². The van der Waals surface area contributed by atoms with Crippen LogP contribution in [0.2, 0.25) is 0 Å². The van der Waals surface area contributed by atoms with Gasteiger partial charge in [0.2, 0.25) is 0 Å². The smallest absolute Gasteiger partial charge is 0.320 e. The van der Waals surface area contributed by atoms with Gasteiger partial charge >= 0.3 is 5.97 Å². The normalized spacial score (nSPS) is 25.1. The van der Waals surface area contributed by atoms with Crippen LogP contribution in [0.15, 0.2) is 0 Å². The van der Waals surface area contributed by atoms with Crippen LogP contribution in [0, 0.1) is 0 Å². The summed E-state index contributed by atoms with van der Waals surface area (Å²) in [7, 11) is 1.71. The molecule has 5 nitrogen and oxygen atoms in total. The Kier molecular flexibility index (Phi) is 4.31. The Labute approximate surface area is 83.8 Å². The van der Waals surface area contributed by atoms with Gasteiger partial charge in [-0.3, -0.25) is 4.79 Å². The highest BCUT2D eigenvalue weighted by Gasteiger charge is 2.22. The first-order valence-electron chi connectivity index (χ1n) is 4.87. The molecule has 0 amide bonds. The Morgan fingerprint density at radius 1 is 1.79 bits per heavy atom. The molecular weight excluding hydrogens is 184 g/mol. The van der Waals surface area contributed by atoms with E-state index < -0.39 is 12.0 Å². The molecule has 0 aromatic carbocycles. The molecule has 14 heavy (non-hydrogen) atoms. The Hall–Kier alpha value is -0.650. The Morgan fingerprint density at radius 3 is 3.00 bits per heavy atom. The monoisotopic (exact) mass is 202 g/mol. The molecule has 1 heterocycles. The van der Waals surface area contributed by atoms with Gasteiger partial charge in [-0.15, -0.1) is 0 Å². The minimum absolute atomic E-state index is 0.302. The Bertz CT molecular complexity index is 198. The second-order valence-corrected chi connectivity index (χ2v) is 3.68. The van der Waals surface area contributed by atoms with Crippen LogP contribution in [-0.2, 0) is 9.53 Å². The lowest BCUT2D eigenvalue weighted by Gasteiger charge is -2.16. The molecule has 1 aliphatic rings. The molecule has 5 heteroatoms. The number of hydrogen-bond donors (Lipinski definition) is 2. The van der Waals surface area contributed by atoms with Crippen molar-refractivity contribution in [3.63, 3.8) is 0 Å². The summed E-state index contributed by atoms with van der Waals surface area (Å²) in [4.78, 5) is 12.6. The van der Waals surface area contributed by atoms with E-state index in [0.29, 0.717) is 12.5 Å². The van der Waals surface area contributed by atoms with E-state index in [2.05, 4.69) is 4.90 Å². The first-order valence-corrected chi connectivity index (χ1v) is 4.87. The molecule has 1 rings (SSSR count). The molecule has 2 unspecified atom stereocenters. The van der Waals surface area contributed by atoms with Crippen LogP contribution in [0.5, 0.6) is 0 Å². The van der Waals surface area contributed by atoms with Crippen LogP contribution >= 0.6 is 0 Å². The van der Waals surface area contributed by atoms with Gasteiger partial charge in [-0.1, -0.05) is 0 Å². The molecule has 2 atom stereocenters. The van der Waals surface area contributed by atoms with Crippen molar-refractivity contribution in [3.05, 3.63) is 0 Å². The molecule has 1 fully saturated rings. The van der Waals surface area contributed by atoms with E-state index in [4.69, 9.17) is 15.6 Å². The maximum absolute atomic E-state index is 10.5. The summed E-state index contributed by atoms with van der Waals surface area (Å²) < 4.78 is 5.21. The lowest BCUT2D eigenvalue weighted by atomic mass is 10.2. The summed E-state index contributed by atoms with van der Waals surface area (Å²) in [5.74, 6) is -0.924. The van der Waals surface area contributed by atoms with Crippen molar-refractivity contribution >= 4 is 5.97 Å². The van der Waals surface area contributed by atoms with Gasteiger partial charge in [-0.25, -0.2) is 0 Å². The number of hydrogen-bond acceptors (Lipinski definition) is 4.